The molecule has 0 radical (unpaired) electrons. The van der Waals surface area contributed by atoms with E-state index >= 15 is 0 Å². The van der Waals surface area contributed by atoms with Crippen molar-refractivity contribution in [3.05, 3.63) is 41.9 Å². The fraction of sp³-hybridized carbons (Fsp3) is 0.333. The minimum atomic E-state index is -0.938. The molecule has 1 aromatic carbocycles. The number of methoxy groups -OCH3 is 2. The van der Waals surface area contributed by atoms with Gasteiger partial charge < -0.3 is 29.3 Å². The number of amides is 4. The molecule has 0 saturated carbocycles. The van der Waals surface area contributed by atoms with Crippen LogP contribution in [0.1, 0.15) is 41.7 Å². The van der Waals surface area contributed by atoms with Crippen molar-refractivity contribution in [2.45, 2.75) is 26.3 Å². The van der Waals surface area contributed by atoms with Crippen LogP contribution < -0.4 is 25.4 Å². The van der Waals surface area contributed by atoms with E-state index in [9.17, 15) is 19.2 Å². The number of nitrogens with one attached hydrogen (secondary N) is 3. The van der Waals surface area contributed by atoms with E-state index in [4.69, 9.17) is 18.6 Å². The van der Waals surface area contributed by atoms with Gasteiger partial charge in [-0.25, -0.2) is 9.59 Å². The van der Waals surface area contributed by atoms with Crippen molar-refractivity contribution >= 4 is 29.5 Å². The molecule has 0 aliphatic rings. The first-order chi connectivity index (χ1) is 15.0. The SMILES string of the molecule is COc1cc(NC(=O)c2ccco2)c(C(=O)OCC(=O)NC(=O)NC(C)(C)C)cc1OC. The average molecular weight is 447 g/mol. The molecule has 0 atom stereocenters. The van der Waals surface area contributed by atoms with Gasteiger partial charge in [0.25, 0.3) is 11.8 Å². The zero-order valence-electron chi connectivity index (χ0n) is 18.4. The van der Waals surface area contributed by atoms with E-state index in [1.54, 1.807) is 20.8 Å². The van der Waals surface area contributed by atoms with Crippen molar-refractivity contribution in [3.8, 4) is 11.5 Å². The van der Waals surface area contributed by atoms with E-state index in [0.717, 1.165) is 0 Å². The number of rotatable bonds is 7. The van der Waals surface area contributed by atoms with Gasteiger partial charge in [-0.2, -0.15) is 0 Å². The van der Waals surface area contributed by atoms with Gasteiger partial charge in [0.15, 0.2) is 23.9 Å². The fourth-order valence-electron chi connectivity index (χ4n) is 2.49. The van der Waals surface area contributed by atoms with Crippen LogP contribution in [0.2, 0.25) is 0 Å². The molecule has 172 valence electrons. The second-order valence-electron chi connectivity index (χ2n) is 7.51. The molecule has 3 N–H and O–H groups in total. The van der Waals surface area contributed by atoms with Crippen molar-refractivity contribution in [2.24, 2.45) is 0 Å². The highest BCUT2D eigenvalue weighted by Crippen LogP contribution is 2.34. The molecule has 11 heteroatoms. The molecule has 0 bridgehead atoms. The Kier molecular flexibility index (Phi) is 7.83. The largest absolute Gasteiger partial charge is 0.493 e. The van der Waals surface area contributed by atoms with Gasteiger partial charge in [-0.05, 0) is 32.9 Å². The minimum absolute atomic E-state index is 0.0170. The van der Waals surface area contributed by atoms with Crippen LogP contribution in [-0.2, 0) is 9.53 Å². The summed E-state index contributed by atoms with van der Waals surface area (Å²) >= 11 is 0. The zero-order chi connectivity index (χ0) is 23.9. The molecule has 2 aromatic rings. The van der Waals surface area contributed by atoms with E-state index in [1.165, 1.54) is 44.7 Å². The maximum Gasteiger partial charge on any atom is 0.340 e. The summed E-state index contributed by atoms with van der Waals surface area (Å²) in [6.45, 7) is 4.50. The van der Waals surface area contributed by atoms with Crippen molar-refractivity contribution in [3.63, 3.8) is 0 Å². The Morgan fingerprint density at radius 1 is 1.03 bits per heavy atom. The maximum absolute atomic E-state index is 12.6. The highest BCUT2D eigenvalue weighted by Gasteiger charge is 2.22. The summed E-state index contributed by atoms with van der Waals surface area (Å²) < 4.78 is 20.4. The standard InChI is InChI=1S/C21H25N3O8/c1-21(2,3)24-20(28)23-17(25)11-32-19(27)12-9-15(29-4)16(30-5)10-13(12)22-18(26)14-7-6-8-31-14/h6-10H,11H2,1-5H3,(H,22,26)(H2,23,24,25,28). The third-order valence-corrected chi connectivity index (χ3v) is 3.81. The smallest absolute Gasteiger partial charge is 0.340 e. The molecule has 2 rings (SSSR count). The third-order valence-electron chi connectivity index (χ3n) is 3.81. The number of anilines is 1. The Morgan fingerprint density at radius 3 is 2.25 bits per heavy atom. The summed E-state index contributed by atoms with van der Waals surface area (Å²) in [5, 5.41) is 7.13. The third kappa shape index (κ3) is 6.76. The molecule has 0 spiro atoms. The Morgan fingerprint density at radius 2 is 1.69 bits per heavy atom. The maximum atomic E-state index is 12.6. The quantitative estimate of drug-likeness (QED) is 0.548. The number of hydrogen-bond donors (Lipinski definition) is 3. The lowest BCUT2D eigenvalue weighted by molar-refractivity contribution is -0.123. The van der Waals surface area contributed by atoms with E-state index in [0.29, 0.717) is 0 Å². The van der Waals surface area contributed by atoms with Gasteiger partial charge in [0.1, 0.15) is 0 Å². The van der Waals surface area contributed by atoms with E-state index < -0.39 is 36.0 Å². The molecule has 1 aromatic heterocycles. The molecule has 1 heterocycles. The number of benzene rings is 1. The number of urea groups is 1. The van der Waals surface area contributed by atoms with Crippen LogP contribution in [0.4, 0.5) is 10.5 Å². The molecular formula is C21H25N3O8. The van der Waals surface area contributed by atoms with Gasteiger partial charge in [0.2, 0.25) is 0 Å². The number of esters is 1. The minimum Gasteiger partial charge on any atom is -0.493 e. The molecule has 0 saturated heterocycles. The van der Waals surface area contributed by atoms with Gasteiger partial charge in [0, 0.05) is 17.7 Å². The van der Waals surface area contributed by atoms with Crippen LogP contribution >= 0.6 is 0 Å². The van der Waals surface area contributed by atoms with Crippen LogP contribution in [0.25, 0.3) is 0 Å². The number of carbonyl (C=O) groups excluding carboxylic acids is 4. The number of carbonyl (C=O) groups is 4. The van der Waals surface area contributed by atoms with Gasteiger partial charge >= 0.3 is 12.0 Å². The van der Waals surface area contributed by atoms with Gasteiger partial charge in [-0.3, -0.25) is 14.9 Å². The first-order valence-corrected chi connectivity index (χ1v) is 9.44. The topological polar surface area (TPSA) is 145 Å². The van der Waals surface area contributed by atoms with Crippen molar-refractivity contribution in [1.82, 2.24) is 10.6 Å². The summed E-state index contributed by atoms with van der Waals surface area (Å²) in [5.74, 6) is -1.93. The summed E-state index contributed by atoms with van der Waals surface area (Å²) in [6.07, 6.45) is 1.33. The van der Waals surface area contributed by atoms with Crippen molar-refractivity contribution in [1.29, 1.82) is 0 Å². The van der Waals surface area contributed by atoms with Gasteiger partial charge in [-0.15, -0.1) is 0 Å². The van der Waals surface area contributed by atoms with Crippen molar-refractivity contribution in [2.75, 3.05) is 26.1 Å². The predicted molar refractivity (Wildman–Crippen MR) is 113 cm³/mol. The van der Waals surface area contributed by atoms with Crippen LogP contribution in [0.5, 0.6) is 11.5 Å². The van der Waals surface area contributed by atoms with Crippen LogP contribution in [-0.4, -0.2) is 50.2 Å². The molecule has 0 fully saturated rings. The number of ether oxygens (including phenoxy) is 3. The molecule has 4 amide bonds. The molecule has 32 heavy (non-hydrogen) atoms. The number of hydrogen-bond acceptors (Lipinski definition) is 8. The van der Waals surface area contributed by atoms with Crippen LogP contribution in [0.15, 0.2) is 34.9 Å². The summed E-state index contributed by atoms with van der Waals surface area (Å²) in [5.41, 5.74) is -0.614. The Hall–Kier alpha value is -4.02. The normalized spacial score (nSPS) is 10.7. The molecule has 0 aliphatic heterocycles. The van der Waals surface area contributed by atoms with Gasteiger partial charge in [0.05, 0.1) is 31.7 Å². The highest BCUT2D eigenvalue weighted by atomic mass is 16.5. The predicted octanol–water partition coefficient (Wildman–Crippen LogP) is 2.33. The van der Waals surface area contributed by atoms with Crippen LogP contribution in [0, 0.1) is 0 Å². The molecule has 0 aliphatic carbocycles. The summed E-state index contributed by atoms with van der Waals surface area (Å²) in [7, 11) is 2.76. The Labute approximate surface area is 184 Å². The molecular weight excluding hydrogens is 422 g/mol. The highest BCUT2D eigenvalue weighted by molar-refractivity contribution is 6.07. The Bertz CT molecular complexity index is 993. The Balaban J connectivity index is 2.16. The molecule has 11 nitrogen and oxygen atoms in total. The number of imide groups is 1. The summed E-state index contributed by atoms with van der Waals surface area (Å²) in [6, 6.07) is 4.92. The van der Waals surface area contributed by atoms with Gasteiger partial charge in [-0.1, -0.05) is 0 Å². The first-order valence-electron chi connectivity index (χ1n) is 9.44. The zero-order valence-corrected chi connectivity index (χ0v) is 18.4. The monoisotopic (exact) mass is 447 g/mol. The molecule has 0 unspecified atom stereocenters. The average Bonchev–Trinajstić information content (AvgIpc) is 3.25. The van der Waals surface area contributed by atoms with E-state index in [2.05, 4.69) is 16.0 Å². The second kappa shape index (κ2) is 10.3. The summed E-state index contributed by atoms with van der Waals surface area (Å²) in [4.78, 5) is 48.7. The number of furan rings is 1. The second-order valence-corrected chi connectivity index (χ2v) is 7.51. The fourth-order valence-corrected chi connectivity index (χ4v) is 2.49. The lowest BCUT2D eigenvalue weighted by Crippen LogP contribution is -2.49. The van der Waals surface area contributed by atoms with Crippen LogP contribution in [0.3, 0.4) is 0 Å². The van der Waals surface area contributed by atoms with E-state index in [-0.39, 0.29) is 28.5 Å². The van der Waals surface area contributed by atoms with Crippen molar-refractivity contribution < 1.29 is 37.8 Å². The van der Waals surface area contributed by atoms with E-state index in [1.807, 2.05) is 0 Å². The first kappa shape index (κ1) is 24.3. The lowest BCUT2D eigenvalue weighted by atomic mass is 10.1. The lowest BCUT2D eigenvalue weighted by Gasteiger charge is -2.20.